The van der Waals surface area contributed by atoms with Gasteiger partial charge in [-0.05, 0) is 100 Å². The maximum absolute atomic E-state index is 13.6. The monoisotopic (exact) mass is 613 g/mol. The number of rotatable bonds is 9. The van der Waals surface area contributed by atoms with Crippen molar-refractivity contribution in [3.8, 4) is 22.9 Å². The highest BCUT2D eigenvalue weighted by Gasteiger charge is 2.56. The van der Waals surface area contributed by atoms with E-state index >= 15 is 0 Å². The quantitative estimate of drug-likeness (QED) is 0.375. The average molecular weight is 614 g/mol. The Balaban J connectivity index is 1.01. The standard InChI is InChI=1S/C35H40FN5O4/c1-3-44-33-28(5-4-15-37-33)29-12-13-30(31(39-29)32(42)38-24-14-16-40(2)19-24)45-25-17-35(18-25)20-41(21-35)34(43)27-11-10-26(27)22-6-8-23(36)9-7-22/h4-9,12-13,15,24-27H,3,10-11,14,16-21H2,1-2H3,(H,38,42)/t24-,26?,27?/m1/s1. The van der Waals surface area contributed by atoms with Crippen LogP contribution < -0.4 is 14.8 Å². The van der Waals surface area contributed by atoms with E-state index in [1.165, 1.54) is 12.1 Å². The van der Waals surface area contributed by atoms with Crippen molar-refractivity contribution in [2.45, 2.75) is 57.1 Å². The van der Waals surface area contributed by atoms with E-state index < -0.39 is 0 Å². The Hall–Kier alpha value is -4.05. The van der Waals surface area contributed by atoms with Crippen LogP contribution in [0.25, 0.3) is 11.3 Å². The summed E-state index contributed by atoms with van der Waals surface area (Å²) in [5, 5.41) is 3.16. The molecule has 2 saturated carbocycles. The number of hydrogen-bond acceptors (Lipinski definition) is 7. The number of nitrogens with one attached hydrogen (secondary N) is 1. The fourth-order valence-corrected chi connectivity index (χ4v) is 7.48. The lowest BCUT2D eigenvalue weighted by Gasteiger charge is -2.59. The second kappa shape index (κ2) is 12.0. The molecule has 7 rings (SSSR count). The van der Waals surface area contributed by atoms with E-state index in [1.807, 2.05) is 48.2 Å². The van der Waals surface area contributed by atoms with Gasteiger partial charge in [0.15, 0.2) is 11.4 Å². The lowest BCUT2D eigenvalue weighted by Crippen LogP contribution is -2.67. The minimum absolute atomic E-state index is 0.0201. The van der Waals surface area contributed by atoms with Crippen LogP contribution in [0.5, 0.6) is 11.6 Å². The number of likely N-dealkylation sites (tertiary alicyclic amines) is 2. The Labute approximate surface area is 263 Å². The van der Waals surface area contributed by atoms with Crippen LogP contribution in [0.2, 0.25) is 0 Å². The smallest absolute Gasteiger partial charge is 0.274 e. The molecule has 4 heterocycles. The number of pyridine rings is 2. The van der Waals surface area contributed by atoms with Crippen molar-refractivity contribution in [2.75, 3.05) is 39.8 Å². The van der Waals surface area contributed by atoms with Crippen LogP contribution >= 0.6 is 0 Å². The average Bonchev–Trinajstić information content (AvgIpc) is 3.38. The molecule has 1 aromatic carbocycles. The Kier molecular flexibility index (Phi) is 7.93. The molecule has 0 radical (unpaired) electrons. The van der Waals surface area contributed by atoms with Gasteiger partial charge in [-0.3, -0.25) is 9.59 Å². The van der Waals surface area contributed by atoms with Gasteiger partial charge in [0, 0.05) is 43.2 Å². The molecule has 2 saturated heterocycles. The van der Waals surface area contributed by atoms with Crippen molar-refractivity contribution in [3.05, 3.63) is 71.8 Å². The minimum atomic E-state index is -0.252. The van der Waals surface area contributed by atoms with Crippen LogP contribution in [0.1, 0.15) is 61.0 Å². The Morgan fingerprint density at radius 1 is 1.07 bits per heavy atom. The fourth-order valence-electron chi connectivity index (χ4n) is 7.48. The summed E-state index contributed by atoms with van der Waals surface area (Å²) in [6.45, 7) is 5.58. The van der Waals surface area contributed by atoms with Gasteiger partial charge in [-0.2, -0.15) is 0 Å². The Morgan fingerprint density at radius 2 is 1.87 bits per heavy atom. The largest absolute Gasteiger partial charge is 0.488 e. The zero-order valence-electron chi connectivity index (χ0n) is 25.9. The van der Waals surface area contributed by atoms with Crippen molar-refractivity contribution in [3.63, 3.8) is 0 Å². The van der Waals surface area contributed by atoms with Gasteiger partial charge in [0.1, 0.15) is 11.9 Å². The SMILES string of the molecule is CCOc1ncccc1-c1ccc(OC2CC3(C2)CN(C(=O)C2CCC2c2ccc(F)cc2)C3)c(C(=O)N[C@@H]2CCN(C)C2)n1. The first-order chi connectivity index (χ1) is 21.8. The van der Waals surface area contributed by atoms with E-state index in [0.29, 0.717) is 23.9 Å². The summed E-state index contributed by atoms with van der Waals surface area (Å²) in [5.74, 6) is 0.802. The van der Waals surface area contributed by atoms with Gasteiger partial charge in [-0.1, -0.05) is 12.1 Å². The number of benzene rings is 1. The summed E-state index contributed by atoms with van der Waals surface area (Å²) < 4.78 is 25.5. The number of carbonyl (C=O) groups excluding carboxylic acids is 2. The zero-order valence-corrected chi connectivity index (χ0v) is 25.9. The summed E-state index contributed by atoms with van der Waals surface area (Å²) in [7, 11) is 2.05. The molecule has 1 N–H and O–H groups in total. The highest BCUT2D eigenvalue weighted by molar-refractivity contribution is 5.96. The lowest BCUT2D eigenvalue weighted by atomic mass is 9.60. The first-order valence-corrected chi connectivity index (χ1v) is 16.1. The van der Waals surface area contributed by atoms with Gasteiger partial charge in [0.25, 0.3) is 5.91 Å². The number of ether oxygens (including phenoxy) is 2. The molecule has 2 amide bonds. The molecule has 236 valence electrons. The van der Waals surface area contributed by atoms with E-state index in [2.05, 4.69) is 22.2 Å². The molecule has 45 heavy (non-hydrogen) atoms. The van der Waals surface area contributed by atoms with E-state index in [1.54, 1.807) is 6.20 Å². The lowest BCUT2D eigenvalue weighted by molar-refractivity contribution is -0.167. The molecule has 2 aromatic heterocycles. The molecule has 1 spiro atoms. The highest BCUT2D eigenvalue weighted by atomic mass is 19.1. The molecule has 2 aliphatic carbocycles. The number of halogens is 1. The predicted molar refractivity (Wildman–Crippen MR) is 167 cm³/mol. The maximum atomic E-state index is 13.6. The van der Waals surface area contributed by atoms with E-state index in [9.17, 15) is 14.0 Å². The number of amides is 2. The number of carbonyl (C=O) groups is 2. The molecular formula is C35H40FN5O4. The van der Waals surface area contributed by atoms with Crippen molar-refractivity contribution in [2.24, 2.45) is 11.3 Å². The molecule has 2 unspecified atom stereocenters. The van der Waals surface area contributed by atoms with Crippen molar-refractivity contribution in [1.82, 2.24) is 25.1 Å². The van der Waals surface area contributed by atoms with Crippen molar-refractivity contribution < 1.29 is 23.5 Å². The number of hydrogen-bond donors (Lipinski definition) is 1. The molecule has 4 aliphatic rings. The van der Waals surface area contributed by atoms with Gasteiger partial charge >= 0.3 is 0 Å². The van der Waals surface area contributed by atoms with Crippen LogP contribution in [0.4, 0.5) is 4.39 Å². The summed E-state index contributed by atoms with van der Waals surface area (Å²) in [6.07, 6.45) is 6.02. The van der Waals surface area contributed by atoms with Gasteiger partial charge < -0.3 is 24.6 Å². The van der Waals surface area contributed by atoms with Crippen LogP contribution in [0.15, 0.2) is 54.7 Å². The third kappa shape index (κ3) is 5.88. The molecule has 9 nitrogen and oxygen atoms in total. The third-order valence-electron chi connectivity index (χ3n) is 10.00. The highest BCUT2D eigenvalue weighted by Crippen LogP contribution is 2.52. The fraction of sp³-hybridized carbons (Fsp3) is 0.486. The second-order valence-corrected chi connectivity index (χ2v) is 13.2. The first kappa shape index (κ1) is 29.6. The predicted octanol–water partition coefficient (Wildman–Crippen LogP) is 4.68. The molecule has 2 aliphatic heterocycles. The minimum Gasteiger partial charge on any atom is -0.488 e. The molecule has 3 aromatic rings. The normalized spacial score (nSPS) is 24.0. The third-order valence-corrected chi connectivity index (χ3v) is 10.00. The summed E-state index contributed by atoms with van der Waals surface area (Å²) in [6, 6.07) is 14.0. The van der Waals surface area contributed by atoms with E-state index in [0.717, 1.165) is 69.4 Å². The van der Waals surface area contributed by atoms with Gasteiger partial charge in [0.2, 0.25) is 11.8 Å². The van der Waals surface area contributed by atoms with Crippen LogP contribution in [-0.4, -0.2) is 83.6 Å². The topological polar surface area (TPSA) is 96.9 Å². The van der Waals surface area contributed by atoms with E-state index in [4.69, 9.17) is 14.5 Å². The van der Waals surface area contributed by atoms with Crippen molar-refractivity contribution in [1.29, 1.82) is 0 Å². The summed E-state index contributed by atoms with van der Waals surface area (Å²) in [5.41, 5.74) is 2.69. The van der Waals surface area contributed by atoms with Crippen LogP contribution in [0.3, 0.4) is 0 Å². The van der Waals surface area contributed by atoms with Crippen LogP contribution in [0, 0.1) is 17.2 Å². The molecule has 3 atom stereocenters. The molecular weight excluding hydrogens is 573 g/mol. The Bertz CT molecular complexity index is 1570. The molecule has 10 heteroatoms. The van der Waals surface area contributed by atoms with Gasteiger partial charge in [-0.25, -0.2) is 14.4 Å². The zero-order chi connectivity index (χ0) is 31.1. The summed E-state index contributed by atoms with van der Waals surface area (Å²) >= 11 is 0. The number of aromatic nitrogens is 2. The first-order valence-electron chi connectivity index (χ1n) is 16.1. The number of likely N-dealkylation sites (N-methyl/N-ethyl adjacent to an activating group) is 1. The summed E-state index contributed by atoms with van der Waals surface area (Å²) in [4.78, 5) is 40.2. The number of nitrogens with zero attached hydrogens (tertiary/aromatic N) is 4. The van der Waals surface area contributed by atoms with Gasteiger partial charge in [-0.15, -0.1) is 0 Å². The Morgan fingerprint density at radius 3 is 2.56 bits per heavy atom. The molecule has 4 fully saturated rings. The van der Waals surface area contributed by atoms with Gasteiger partial charge in [0.05, 0.1) is 17.9 Å². The van der Waals surface area contributed by atoms with E-state index in [-0.39, 0.29) is 52.7 Å². The maximum Gasteiger partial charge on any atom is 0.274 e. The second-order valence-electron chi connectivity index (χ2n) is 13.2. The van der Waals surface area contributed by atoms with Crippen molar-refractivity contribution >= 4 is 11.8 Å². The van der Waals surface area contributed by atoms with Crippen LogP contribution in [-0.2, 0) is 4.79 Å². The molecule has 0 bridgehead atoms.